The molecular weight excluding hydrogens is 236 g/mol. The van der Waals surface area contributed by atoms with Crippen LogP contribution in [0, 0.1) is 0 Å². The van der Waals surface area contributed by atoms with E-state index in [1.54, 1.807) is 6.07 Å². The summed E-state index contributed by atoms with van der Waals surface area (Å²) in [7, 11) is 0. The average molecular weight is 264 g/mol. The van der Waals surface area contributed by atoms with Gasteiger partial charge in [-0.25, -0.2) is 0 Å². The van der Waals surface area contributed by atoms with Crippen molar-refractivity contribution >= 4 is 0 Å². The molecule has 0 aliphatic heterocycles. The lowest BCUT2D eigenvalue weighted by Crippen LogP contribution is -2.35. The molecule has 1 atom stereocenters. The second-order valence-corrected chi connectivity index (χ2v) is 5.05. The minimum absolute atomic E-state index is 0.124. The van der Waals surface area contributed by atoms with Crippen LogP contribution in [0.2, 0.25) is 0 Å². The van der Waals surface area contributed by atoms with Gasteiger partial charge >= 0.3 is 0 Å². The van der Waals surface area contributed by atoms with E-state index in [0.717, 1.165) is 18.7 Å². The standard InChI is InChI=1S/C16H28N2O/c1-3-5-11-18(12-6-4-2)15(13-17)14-9-7-8-10-16(14)19/h7-10,15,19H,3-6,11-13,17H2,1-2H3. The first-order chi connectivity index (χ1) is 9.24. The van der Waals surface area contributed by atoms with Crippen molar-refractivity contribution in [2.45, 2.75) is 45.6 Å². The third-order valence-corrected chi connectivity index (χ3v) is 3.56. The van der Waals surface area contributed by atoms with Gasteiger partial charge < -0.3 is 10.8 Å². The fourth-order valence-electron chi connectivity index (χ4n) is 2.39. The summed E-state index contributed by atoms with van der Waals surface area (Å²) in [6, 6.07) is 7.68. The number of phenols is 1. The number of hydrogen-bond acceptors (Lipinski definition) is 3. The van der Waals surface area contributed by atoms with Gasteiger partial charge in [0.2, 0.25) is 0 Å². The van der Waals surface area contributed by atoms with Crippen molar-refractivity contribution in [3.63, 3.8) is 0 Å². The van der Waals surface area contributed by atoms with Crippen molar-refractivity contribution < 1.29 is 5.11 Å². The normalized spacial score (nSPS) is 12.8. The van der Waals surface area contributed by atoms with Crippen molar-refractivity contribution in [3.8, 4) is 5.75 Å². The van der Waals surface area contributed by atoms with Gasteiger partial charge in [0.25, 0.3) is 0 Å². The fraction of sp³-hybridized carbons (Fsp3) is 0.625. The largest absolute Gasteiger partial charge is 0.508 e. The van der Waals surface area contributed by atoms with Crippen LogP contribution in [0.15, 0.2) is 24.3 Å². The Morgan fingerprint density at radius 1 is 1.11 bits per heavy atom. The van der Waals surface area contributed by atoms with E-state index in [1.165, 1.54) is 25.7 Å². The summed E-state index contributed by atoms with van der Waals surface area (Å²) in [6.45, 7) is 7.05. The molecule has 0 spiro atoms. The quantitative estimate of drug-likeness (QED) is 0.719. The van der Waals surface area contributed by atoms with Gasteiger partial charge in [-0.05, 0) is 32.0 Å². The van der Waals surface area contributed by atoms with Gasteiger partial charge in [-0.1, -0.05) is 44.9 Å². The molecule has 3 heteroatoms. The van der Waals surface area contributed by atoms with Gasteiger partial charge in [-0.15, -0.1) is 0 Å². The second-order valence-electron chi connectivity index (χ2n) is 5.05. The third kappa shape index (κ3) is 4.84. The van der Waals surface area contributed by atoms with Crippen molar-refractivity contribution in [2.24, 2.45) is 5.73 Å². The first-order valence-electron chi connectivity index (χ1n) is 7.46. The van der Waals surface area contributed by atoms with E-state index >= 15 is 0 Å². The Bertz CT molecular complexity index is 346. The zero-order chi connectivity index (χ0) is 14.1. The number of hydrogen-bond donors (Lipinski definition) is 2. The van der Waals surface area contributed by atoms with Crippen LogP contribution in [-0.2, 0) is 0 Å². The molecule has 0 saturated heterocycles. The van der Waals surface area contributed by atoms with E-state index < -0.39 is 0 Å². The molecule has 0 aliphatic carbocycles. The Morgan fingerprint density at radius 2 is 1.68 bits per heavy atom. The molecule has 1 rings (SSSR count). The Labute approximate surface area is 117 Å². The molecule has 0 aromatic heterocycles. The lowest BCUT2D eigenvalue weighted by molar-refractivity contribution is 0.192. The number of nitrogens with two attached hydrogens (primary N) is 1. The highest BCUT2D eigenvalue weighted by molar-refractivity contribution is 5.34. The Balaban J connectivity index is 2.85. The number of benzene rings is 1. The number of nitrogens with zero attached hydrogens (tertiary/aromatic N) is 1. The van der Waals surface area contributed by atoms with Gasteiger partial charge in [0.1, 0.15) is 5.75 Å². The minimum atomic E-state index is 0.124. The smallest absolute Gasteiger partial charge is 0.120 e. The van der Waals surface area contributed by atoms with Crippen molar-refractivity contribution in [3.05, 3.63) is 29.8 Å². The summed E-state index contributed by atoms with van der Waals surface area (Å²) in [5.41, 5.74) is 6.92. The highest BCUT2D eigenvalue weighted by atomic mass is 16.3. The molecule has 0 saturated carbocycles. The SMILES string of the molecule is CCCCN(CCCC)C(CN)c1ccccc1O. The minimum Gasteiger partial charge on any atom is -0.508 e. The van der Waals surface area contributed by atoms with Crippen LogP contribution in [0.1, 0.15) is 51.1 Å². The predicted molar refractivity (Wildman–Crippen MR) is 81.3 cm³/mol. The van der Waals surface area contributed by atoms with E-state index in [4.69, 9.17) is 5.73 Å². The fourth-order valence-corrected chi connectivity index (χ4v) is 2.39. The molecule has 1 aromatic carbocycles. The molecule has 3 N–H and O–H groups in total. The lowest BCUT2D eigenvalue weighted by atomic mass is 10.0. The summed E-state index contributed by atoms with van der Waals surface area (Å²) in [4.78, 5) is 2.42. The van der Waals surface area contributed by atoms with Crippen LogP contribution < -0.4 is 5.73 Å². The molecule has 0 fully saturated rings. The number of para-hydroxylation sites is 1. The predicted octanol–water partition coefficient (Wildman–Crippen LogP) is 3.29. The van der Waals surface area contributed by atoms with Gasteiger partial charge in [-0.2, -0.15) is 0 Å². The van der Waals surface area contributed by atoms with Gasteiger partial charge in [0, 0.05) is 12.1 Å². The Kier molecular flexibility index (Phi) is 7.53. The highest BCUT2D eigenvalue weighted by Crippen LogP contribution is 2.28. The highest BCUT2D eigenvalue weighted by Gasteiger charge is 2.20. The molecular formula is C16H28N2O. The average Bonchev–Trinajstić information content (AvgIpc) is 2.43. The summed E-state index contributed by atoms with van der Waals surface area (Å²) in [6.07, 6.45) is 4.71. The van der Waals surface area contributed by atoms with Crippen molar-refractivity contribution in [1.29, 1.82) is 0 Å². The Hall–Kier alpha value is -1.06. The topological polar surface area (TPSA) is 49.5 Å². The molecule has 1 unspecified atom stereocenters. The van der Waals surface area contributed by atoms with Gasteiger partial charge in [0.05, 0.1) is 6.04 Å². The maximum Gasteiger partial charge on any atom is 0.120 e. The maximum absolute atomic E-state index is 10.0. The van der Waals surface area contributed by atoms with Crippen LogP contribution in [-0.4, -0.2) is 29.6 Å². The lowest BCUT2D eigenvalue weighted by Gasteiger charge is -2.31. The summed E-state index contributed by atoms with van der Waals surface area (Å²) >= 11 is 0. The van der Waals surface area contributed by atoms with Crippen LogP contribution >= 0.6 is 0 Å². The van der Waals surface area contributed by atoms with Crippen LogP contribution in [0.5, 0.6) is 5.75 Å². The second kappa shape index (κ2) is 8.94. The van der Waals surface area contributed by atoms with Crippen LogP contribution in [0.25, 0.3) is 0 Å². The summed E-state index contributed by atoms with van der Waals surface area (Å²) in [5.74, 6) is 0.357. The first kappa shape index (κ1) is 16.0. The number of phenolic OH excluding ortho intramolecular Hbond substituents is 1. The van der Waals surface area contributed by atoms with E-state index in [1.807, 2.05) is 18.2 Å². The Morgan fingerprint density at radius 3 is 2.16 bits per heavy atom. The molecule has 0 amide bonds. The zero-order valence-electron chi connectivity index (χ0n) is 12.3. The van der Waals surface area contributed by atoms with Gasteiger partial charge in [0.15, 0.2) is 0 Å². The third-order valence-electron chi connectivity index (χ3n) is 3.56. The monoisotopic (exact) mass is 264 g/mol. The van der Waals surface area contributed by atoms with E-state index in [9.17, 15) is 5.11 Å². The van der Waals surface area contributed by atoms with Crippen LogP contribution in [0.3, 0.4) is 0 Å². The number of aromatic hydroxyl groups is 1. The molecule has 3 nitrogen and oxygen atoms in total. The van der Waals surface area contributed by atoms with E-state index in [-0.39, 0.29) is 6.04 Å². The van der Waals surface area contributed by atoms with Crippen LogP contribution in [0.4, 0.5) is 0 Å². The summed E-state index contributed by atoms with van der Waals surface area (Å²) in [5, 5.41) is 10.0. The maximum atomic E-state index is 10.0. The van der Waals surface area contributed by atoms with Crippen molar-refractivity contribution in [2.75, 3.05) is 19.6 Å². The molecule has 1 aromatic rings. The first-order valence-corrected chi connectivity index (χ1v) is 7.46. The number of unbranched alkanes of at least 4 members (excludes halogenated alkanes) is 2. The van der Waals surface area contributed by atoms with E-state index in [0.29, 0.717) is 12.3 Å². The molecule has 0 radical (unpaired) electrons. The molecule has 108 valence electrons. The summed E-state index contributed by atoms with van der Waals surface area (Å²) < 4.78 is 0. The molecule has 0 aliphatic rings. The molecule has 0 bridgehead atoms. The molecule has 0 heterocycles. The van der Waals surface area contributed by atoms with E-state index in [2.05, 4.69) is 18.7 Å². The zero-order valence-corrected chi connectivity index (χ0v) is 12.3. The van der Waals surface area contributed by atoms with Crippen molar-refractivity contribution in [1.82, 2.24) is 4.90 Å². The molecule has 19 heavy (non-hydrogen) atoms. The number of rotatable bonds is 9. The van der Waals surface area contributed by atoms with Gasteiger partial charge in [-0.3, -0.25) is 4.90 Å².